The van der Waals surface area contributed by atoms with Gasteiger partial charge in [-0.05, 0) is 35.6 Å². The molecule has 0 unspecified atom stereocenters. The van der Waals surface area contributed by atoms with E-state index in [2.05, 4.69) is 5.10 Å². The fourth-order valence-electron chi connectivity index (χ4n) is 5.00. The van der Waals surface area contributed by atoms with Crippen molar-refractivity contribution in [3.8, 4) is 11.3 Å². The molecule has 3 aromatic carbocycles. The number of benzene rings is 3. The van der Waals surface area contributed by atoms with E-state index in [9.17, 15) is 32.9 Å². The monoisotopic (exact) mass is 589 g/mol. The average molecular weight is 590 g/mol. The third kappa shape index (κ3) is 6.48. The predicted octanol–water partition coefficient (Wildman–Crippen LogP) is 5.33. The van der Waals surface area contributed by atoms with Gasteiger partial charge in [-0.2, -0.15) is 18.3 Å². The number of nitro groups is 1. The second kappa shape index (κ2) is 12.3. The molecular weight excluding hydrogens is 563 g/mol. The van der Waals surface area contributed by atoms with Crippen molar-refractivity contribution in [2.45, 2.75) is 38.7 Å². The minimum Gasteiger partial charge on any atom is -0.287 e. The topological polar surface area (TPSA) is 105 Å². The fourth-order valence-corrected chi connectivity index (χ4v) is 5.00. The van der Waals surface area contributed by atoms with Gasteiger partial charge in [0.1, 0.15) is 5.69 Å². The maximum absolute atomic E-state index is 13.8. The minimum absolute atomic E-state index is 0.00667. The molecule has 0 N–H and O–H groups in total. The number of aryl methyl sites for hydroxylation is 2. The summed E-state index contributed by atoms with van der Waals surface area (Å²) < 4.78 is 43.9. The quantitative estimate of drug-likeness (QED) is 0.162. The summed E-state index contributed by atoms with van der Waals surface area (Å²) in [5, 5.41) is 16.5. The van der Waals surface area contributed by atoms with Crippen molar-refractivity contribution in [1.82, 2.24) is 18.9 Å². The molecule has 9 nitrogen and oxygen atoms in total. The van der Waals surface area contributed by atoms with Gasteiger partial charge in [0, 0.05) is 24.8 Å². The molecule has 2 aromatic heterocycles. The van der Waals surface area contributed by atoms with Gasteiger partial charge in [-0.15, -0.1) is 0 Å². The molecule has 0 bridgehead atoms. The number of halogens is 3. The van der Waals surface area contributed by atoms with E-state index in [4.69, 9.17) is 0 Å². The Morgan fingerprint density at radius 2 is 1.35 bits per heavy atom. The molecule has 5 rings (SSSR count). The van der Waals surface area contributed by atoms with Crippen LogP contribution in [-0.4, -0.2) is 23.8 Å². The Morgan fingerprint density at radius 1 is 0.791 bits per heavy atom. The molecule has 0 radical (unpaired) electrons. The Hall–Kier alpha value is -5.26. The highest BCUT2D eigenvalue weighted by Crippen LogP contribution is 2.32. The SMILES string of the molecule is O=c1c([N+](=O)[O-])c(-c2cnn(Cc3ccccc3C(F)(F)F)c2)n(CCc2ccccc2)c(=O)n1CCc1ccccc1. The maximum Gasteiger partial charge on any atom is 0.416 e. The van der Waals surface area contributed by atoms with Crippen LogP contribution in [0.4, 0.5) is 18.9 Å². The summed E-state index contributed by atoms with van der Waals surface area (Å²) in [6, 6.07) is 23.3. The van der Waals surface area contributed by atoms with Gasteiger partial charge in [-0.3, -0.25) is 28.7 Å². The van der Waals surface area contributed by atoms with Crippen molar-refractivity contribution < 1.29 is 18.1 Å². The zero-order chi connectivity index (χ0) is 30.6. The molecule has 2 heterocycles. The average Bonchev–Trinajstić information content (AvgIpc) is 3.45. The molecule has 12 heteroatoms. The third-order valence-electron chi connectivity index (χ3n) is 7.08. The van der Waals surface area contributed by atoms with Gasteiger partial charge < -0.3 is 0 Å². The van der Waals surface area contributed by atoms with Crippen LogP contribution in [0.15, 0.2) is 107 Å². The van der Waals surface area contributed by atoms with Crippen molar-refractivity contribution in [2.24, 2.45) is 0 Å². The van der Waals surface area contributed by atoms with Gasteiger partial charge in [0.2, 0.25) is 0 Å². The zero-order valence-corrected chi connectivity index (χ0v) is 22.8. The van der Waals surface area contributed by atoms with Gasteiger partial charge in [0.25, 0.3) is 0 Å². The van der Waals surface area contributed by atoms with E-state index in [1.54, 1.807) is 0 Å². The van der Waals surface area contributed by atoms with Gasteiger partial charge in [-0.25, -0.2) is 4.79 Å². The lowest BCUT2D eigenvalue weighted by Crippen LogP contribution is -2.42. The lowest BCUT2D eigenvalue weighted by molar-refractivity contribution is -0.386. The lowest BCUT2D eigenvalue weighted by atomic mass is 10.1. The summed E-state index contributed by atoms with van der Waals surface area (Å²) in [6.07, 6.45) is -1.45. The standard InChI is InChI=1S/C31H26F3N5O4/c32-31(33,34)26-14-8-7-13-24(26)20-36-21-25(19-35-36)27-28(39(42)43)29(40)38(18-16-23-11-5-2-6-12-23)30(41)37(27)17-15-22-9-3-1-4-10-22/h1-14,19,21H,15-18,20H2. The molecule has 0 aliphatic carbocycles. The van der Waals surface area contributed by atoms with Crippen molar-refractivity contribution >= 4 is 5.69 Å². The lowest BCUT2D eigenvalue weighted by Gasteiger charge is -2.15. The summed E-state index contributed by atoms with van der Waals surface area (Å²) in [5.74, 6) is 0. The van der Waals surface area contributed by atoms with Crippen LogP contribution in [0, 0.1) is 10.1 Å². The van der Waals surface area contributed by atoms with E-state index in [0.717, 1.165) is 21.8 Å². The Kier molecular flexibility index (Phi) is 8.37. The van der Waals surface area contributed by atoms with Crippen molar-refractivity contribution in [1.29, 1.82) is 0 Å². The molecule has 0 spiro atoms. The highest BCUT2D eigenvalue weighted by atomic mass is 19.4. The molecule has 0 aliphatic heterocycles. The first kappa shape index (κ1) is 29.2. The van der Waals surface area contributed by atoms with E-state index in [1.165, 1.54) is 39.8 Å². The maximum atomic E-state index is 13.8. The Bertz CT molecular complexity index is 1860. The third-order valence-corrected chi connectivity index (χ3v) is 7.08. The van der Waals surface area contributed by atoms with Gasteiger partial charge >= 0.3 is 23.1 Å². The normalized spacial score (nSPS) is 11.5. The first-order valence-electron chi connectivity index (χ1n) is 13.4. The van der Waals surface area contributed by atoms with E-state index >= 15 is 0 Å². The summed E-state index contributed by atoms with van der Waals surface area (Å²) in [5.41, 5.74) is -1.97. The van der Waals surface area contributed by atoms with Crippen molar-refractivity contribution in [3.05, 3.63) is 151 Å². The van der Waals surface area contributed by atoms with Gasteiger partial charge in [-0.1, -0.05) is 78.9 Å². The Labute approximate surface area is 243 Å². The van der Waals surface area contributed by atoms with Crippen LogP contribution in [0.3, 0.4) is 0 Å². The van der Waals surface area contributed by atoms with Crippen LogP contribution in [0.2, 0.25) is 0 Å². The Balaban J connectivity index is 1.60. The van der Waals surface area contributed by atoms with E-state index in [0.29, 0.717) is 12.8 Å². The predicted molar refractivity (Wildman–Crippen MR) is 154 cm³/mol. The summed E-state index contributed by atoms with van der Waals surface area (Å²) in [7, 11) is 0. The molecular formula is C31H26F3N5O4. The number of rotatable bonds is 10. The van der Waals surface area contributed by atoms with E-state index < -0.39 is 33.6 Å². The molecule has 0 saturated carbocycles. The second-order valence-electron chi connectivity index (χ2n) is 9.90. The molecule has 0 saturated heterocycles. The molecule has 0 aliphatic rings. The number of hydrogen-bond donors (Lipinski definition) is 0. The van der Waals surface area contributed by atoms with Gasteiger partial charge in [0.15, 0.2) is 0 Å². The van der Waals surface area contributed by atoms with Crippen LogP contribution < -0.4 is 11.2 Å². The van der Waals surface area contributed by atoms with E-state index in [1.807, 2.05) is 60.7 Å². The zero-order valence-electron chi connectivity index (χ0n) is 22.8. The molecule has 43 heavy (non-hydrogen) atoms. The van der Waals surface area contributed by atoms with Crippen LogP contribution in [0.1, 0.15) is 22.3 Å². The van der Waals surface area contributed by atoms with Crippen LogP contribution in [0.5, 0.6) is 0 Å². The second-order valence-corrected chi connectivity index (χ2v) is 9.90. The van der Waals surface area contributed by atoms with Crippen LogP contribution in [-0.2, 0) is 38.7 Å². The molecule has 0 fully saturated rings. The fraction of sp³-hybridized carbons (Fsp3) is 0.194. The summed E-state index contributed by atoms with van der Waals surface area (Å²) in [6.45, 7) is -0.361. The Morgan fingerprint density at radius 3 is 1.93 bits per heavy atom. The molecule has 220 valence electrons. The summed E-state index contributed by atoms with van der Waals surface area (Å²) in [4.78, 5) is 38.8. The van der Waals surface area contributed by atoms with Crippen molar-refractivity contribution in [2.75, 3.05) is 0 Å². The number of alkyl halides is 3. The first-order valence-corrected chi connectivity index (χ1v) is 13.4. The molecule has 5 aromatic rings. The number of aromatic nitrogens is 4. The molecule has 0 amide bonds. The largest absolute Gasteiger partial charge is 0.416 e. The smallest absolute Gasteiger partial charge is 0.287 e. The number of hydrogen-bond acceptors (Lipinski definition) is 5. The highest BCUT2D eigenvalue weighted by Gasteiger charge is 2.33. The van der Waals surface area contributed by atoms with Gasteiger partial charge in [0.05, 0.1) is 23.2 Å². The first-order chi connectivity index (χ1) is 20.6. The summed E-state index contributed by atoms with van der Waals surface area (Å²) >= 11 is 0. The highest BCUT2D eigenvalue weighted by molar-refractivity contribution is 5.68. The minimum atomic E-state index is -4.59. The van der Waals surface area contributed by atoms with Crippen LogP contribution in [0.25, 0.3) is 11.3 Å². The molecule has 0 atom stereocenters. The van der Waals surface area contributed by atoms with E-state index in [-0.39, 0.29) is 36.5 Å². The number of nitrogens with zero attached hydrogens (tertiary/aromatic N) is 5. The van der Waals surface area contributed by atoms with Crippen LogP contribution >= 0.6 is 0 Å². The van der Waals surface area contributed by atoms with Crippen molar-refractivity contribution in [3.63, 3.8) is 0 Å².